The van der Waals surface area contributed by atoms with Crippen molar-refractivity contribution < 1.29 is 0 Å². The van der Waals surface area contributed by atoms with Crippen molar-refractivity contribution >= 4 is 34.2 Å². The molecule has 2 aromatic rings. The standard InChI is InChI=1S/C15H15ClIN/c1-15(18,12-3-2-4-13(16)9-12)10-11-5-7-14(17)8-6-11/h2-9H,10,18H2,1H3. The van der Waals surface area contributed by atoms with E-state index in [1.54, 1.807) is 0 Å². The van der Waals surface area contributed by atoms with Crippen molar-refractivity contribution in [3.05, 3.63) is 68.3 Å². The van der Waals surface area contributed by atoms with E-state index in [4.69, 9.17) is 17.3 Å². The molecule has 2 N–H and O–H groups in total. The maximum atomic E-state index is 6.42. The van der Waals surface area contributed by atoms with E-state index >= 15 is 0 Å². The zero-order valence-electron chi connectivity index (χ0n) is 10.2. The molecule has 2 aromatic carbocycles. The number of nitrogens with two attached hydrogens (primary N) is 1. The van der Waals surface area contributed by atoms with Gasteiger partial charge in [0.15, 0.2) is 0 Å². The molecular weight excluding hydrogens is 357 g/mol. The van der Waals surface area contributed by atoms with Gasteiger partial charge in [-0.15, -0.1) is 0 Å². The Morgan fingerprint density at radius 2 is 1.83 bits per heavy atom. The molecule has 0 radical (unpaired) electrons. The first-order chi connectivity index (χ1) is 8.47. The van der Waals surface area contributed by atoms with E-state index in [1.807, 2.05) is 31.2 Å². The van der Waals surface area contributed by atoms with Crippen LogP contribution in [0.3, 0.4) is 0 Å². The summed E-state index contributed by atoms with van der Waals surface area (Å²) in [6.07, 6.45) is 0.796. The van der Waals surface area contributed by atoms with Crippen molar-refractivity contribution in [2.45, 2.75) is 18.9 Å². The topological polar surface area (TPSA) is 26.0 Å². The maximum Gasteiger partial charge on any atom is 0.0422 e. The molecule has 0 saturated heterocycles. The summed E-state index contributed by atoms with van der Waals surface area (Å²) < 4.78 is 1.23. The summed E-state index contributed by atoms with van der Waals surface area (Å²) in [5.74, 6) is 0. The van der Waals surface area contributed by atoms with E-state index in [0.29, 0.717) is 0 Å². The van der Waals surface area contributed by atoms with E-state index in [0.717, 1.165) is 17.0 Å². The summed E-state index contributed by atoms with van der Waals surface area (Å²) in [6.45, 7) is 2.04. The van der Waals surface area contributed by atoms with Crippen LogP contribution in [-0.2, 0) is 12.0 Å². The lowest BCUT2D eigenvalue weighted by Crippen LogP contribution is -2.35. The molecule has 1 atom stereocenters. The first-order valence-electron chi connectivity index (χ1n) is 5.77. The molecule has 0 aliphatic rings. The Bertz CT molecular complexity index is 534. The molecule has 2 rings (SSSR count). The van der Waals surface area contributed by atoms with Gasteiger partial charge in [-0.05, 0) is 71.3 Å². The van der Waals surface area contributed by atoms with Crippen molar-refractivity contribution in [2.75, 3.05) is 0 Å². The Morgan fingerprint density at radius 3 is 2.44 bits per heavy atom. The minimum Gasteiger partial charge on any atom is -0.321 e. The summed E-state index contributed by atoms with van der Waals surface area (Å²) in [5.41, 5.74) is 8.31. The second-order valence-corrected chi connectivity index (χ2v) is 6.41. The Balaban J connectivity index is 2.23. The first kappa shape index (κ1) is 13.8. The maximum absolute atomic E-state index is 6.42. The highest BCUT2D eigenvalue weighted by atomic mass is 127. The van der Waals surface area contributed by atoms with Crippen LogP contribution in [0, 0.1) is 3.57 Å². The van der Waals surface area contributed by atoms with Gasteiger partial charge in [0.25, 0.3) is 0 Å². The molecule has 0 aromatic heterocycles. The minimum atomic E-state index is -0.405. The lowest BCUT2D eigenvalue weighted by molar-refractivity contribution is 0.491. The summed E-state index contributed by atoms with van der Waals surface area (Å²) in [7, 11) is 0. The Labute approximate surface area is 126 Å². The third-order valence-corrected chi connectivity index (χ3v) is 3.92. The molecule has 0 amide bonds. The van der Waals surface area contributed by atoms with Crippen LogP contribution >= 0.6 is 34.2 Å². The molecule has 18 heavy (non-hydrogen) atoms. The van der Waals surface area contributed by atoms with Crippen LogP contribution in [-0.4, -0.2) is 0 Å². The van der Waals surface area contributed by atoms with Crippen LogP contribution in [0.4, 0.5) is 0 Å². The smallest absolute Gasteiger partial charge is 0.0422 e. The predicted molar refractivity (Wildman–Crippen MR) is 85.9 cm³/mol. The third-order valence-electron chi connectivity index (χ3n) is 2.97. The van der Waals surface area contributed by atoms with Gasteiger partial charge in [0, 0.05) is 14.1 Å². The van der Waals surface area contributed by atoms with Gasteiger partial charge in [-0.2, -0.15) is 0 Å². The number of hydrogen-bond acceptors (Lipinski definition) is 1. The Hall–Kier alpha value is -0.580. The molecule has 0 saturated carbocycles. The number of rotatable bonds is 3. The molecule has 94 valence electrons. The van der Waals surface area contributed by atoms with E-state index in [1.165, 1.54) is 9.13 Å². The van der Waals surface area contributed by atoms with Crippen LogP contribution < -0.4 is 5.73 Å². The van der Waals surface area contributed by atoms with Crippen molar-refractivity contribution in [3.8, 4) is 0 Å². The molecule has 0 aliphatic heterocycles. The summed E-state index contributed by atoms with van der Waals surface area (Å²) in [4.78, 5) is 0. The monoisotopic (exact) mass is 371 g/mol. The van der Waals surface area contributed by atoms with Crippen LogP contribution in [0.25, 0.3) is 0 Å². The van der Waals surface area contributed by atoms with Crippen molar-refractivity contribution in [1.29, 1.82) is 0 Å². The van der Waals surface area contributed by atoms with Crippen LogP contribution in [0.5, 0.6) is 0 Å². The SMILES string of the molecule is CC(N)(Cc1ccc(I)cc1)c1cccc(Cl)c1. The number of hydrogen-bond donors (Lipinski definition) is 1. The number of halogens is 2. The molecule has 0 spiro atoms. The third kappa shape index (κ3) is 3.46. The van der Waals surface area contributed by atoms with E-state index < -0.39 is 5.54 Å². The summed E-state index contributed by atoms with van der Waals surface area (Å²) >= 11 is 8.32. The minimum absolute atomic E-state index is 0.405. The van der Waals surface area contributed by atoms with E-state index in [-0.39, 0.29) is 0 Å². The van der Waals surface area contributed by atoms with Gasteiger partial charge >= 0.3 is 0 Å². The quantitative estimate of drug-likeness (QED) is 0.797. The highest BCUT2D eigenvalue weighted by Crippen LogP contribution is 2.25. The normalized spacial score (nSPS) is 14.2. The molecule has 3 heteroatoms. The molecule has 1 nitrogen and oxygen atoms in total. The van der Waals surface area contributed by atoms with Gasteiger partial charge in [-0.1, -0.05) is 35.9 Å². The molecule has 0 fully saturated rings. The Morgan fingerprint density at radius 1 is 1.17 bits per heavy atom. The average Bonchev–Trinajstić information content (AvgIpc) is 2.32. The van der Waals surface area contributed by atoms with Crippen LogP contribution in [0.1, 0.15) is 18.1 Å². The van der Waals surface area contributed by atoms with Gasteiger partial charge in [-0.3, -0.25) is 0 Å². The summed E-state index contributed by atoms with van der Waals surface area (Å²) in [6, 6.07) is 16.2. The van der Waals surface area contributed by atoms with Gasteiger partial charge in [0.1, 0.15) is 0 Å². The number of benzene rings is 2. The molecule has 1 unspecified atom stereocenters. The second-order valence-electron chi connectivity index (χ2n) is 4.73. The van der Waals surface area contributed by atoms with Gasteiger partial charge < -0.3 is 5.73 Å². The zero-order chi connectivity index (χ0) is 13.2. The lowest BCUT2D eigenvalue weighted by atomic mass is 9.87. The summed E-state index contributed by atoms with van der Waals surface area (Å²) in [5, 5.41) is 0.729. The van der Waals surface area contributed by atoms with Crippen LogP contribution in [0.2, 0.25) is 5.02 Å². The highest BCUT2D eigenvalue weighted by Gasteiger charge is 2.21. The zero-order valence-corrected chi connectivity index (χ0v) is 13.1. The largest absolute Gasteiger partial charge is 0.321 e. The fourth-order valence-electron chi connectivity index (χ4n) is 1.97. The molecule has 0 bridgehead atoms. The van der Waals surface area contributed by atoms with Gasteiger partial charge in [0.05, 0.1) is 0 Å². The molecular formula is C15H15ClIN. The van der Waals surface area contributed by atoms with E-state index in [2.05, 4.69) is 46.9 Å². The van der Waals surface area contributed by atoms with Gasteiger partial charge in [0.2, 0.25) is 0 Å². The fraction of sp³-hybridized carbons (Fsp3) is 0.200. The first-order valence-corrected chi connectivity index (χ1v) is 7.22. The van der Waals surface area contributed by atoms with Crippen molar-refractivity contribution in [1.82, 2.24) is 0 Å². The predicted octanol–water partition coefficient (Wildman–Crippen LogP) is 4.36. The van der Waals surface area contributed by atoms with Crippen molar-refractivity contribution in [3.63, 3.8) is 0 Å². The Kier molecular flexibility index (Phi) is 4.30. The van der Waals surface area contributed by atoms with E-state index in [9.17, 15) is 0 Å². The molecule has 0 aliphatic carbocycles. The fourth-order valence-corrected chi connectivity index (χ4v) is 2.52. The second kappa shape index (κ2) is 5.59. The molecule has 0 heterocycles. The lowest BCUT2D eigenvalue weighted by Gasteiger charge is -2.25. The average molecular weight is 372 g/mol. The van der Waals surface area contributed by atoms with Crippen LogP contribution in [0.15, 0.2) is 48.5 Å². The van der Waals surface area contributed by atoms with Gasteiger partial charge in [-0.25, -0.2) is 0 Å². The highest BCUT2D eigenvalue weighted by molar-refractivity contribution is 14.1. The van der Waals surface area contributed by atoms with Crippen molar-refractivity contribution in [2.24, 2.45) is 5.73 Å².